The summed E-state index contributed by atoms with van der Waals surface area (Å²) in [5.74, 6) is 0.301. The van der Waals surface area contributed by atoms with Gasteiger partial charge in [0.05, 0.1) is 12.0 Å². The van der Waals surface area contributed by atoms with Crippen molar-refractivity contribution in [2.75, 3.05) is 12.4 Å². The molecule has 0 aliphatic carbocycles. The van der Waals surface area contributed by atoms with Crippen LogP contribution in [0.15, 0.2) is 66.2 Å². The van der Waals surface area contributed by atoms with Gasteiger partial charge in [0.15, 0.2) is 0 Å². The van der Waals surface area contributed by atoms with Crippen LogP contribution in [0.3, 0.4) is 0 Å². The number of halogens is 1. The molecule has 0 radical (unpaired) electrons. The molecular formula is C25H20ClN3O5. The molecule has 3 rings (SSSR count). The second-order valence-electron chi connectivity index (χ2n) is 7.20. The van der Waals surface area contributed by atoms with E-state index in [2.05, 4.69) is 5.32 Å². The van der Waals surface area contributed by atoms with Crippen molar-refractivity contribution in [3.63, 3.8) is 0 Å². The SMILES string of the molecule is COc1ccc(/C=C(\C#N)C(=O)Nc2cc(Cl)ccc2C)c(OCc2ccc([N+](=O)[O-])cc2)c1. The molecule has 0 unspecified atom stereocenters. The van der Waals surface area contributed by atoms with Gasteiger partial charge in [0.25, 0.3) is 11.6 Å². The molecule has 0 aromatic heterocycles. The van der Waals surface area contributed by atoms with Crippen LogP contribution in [0.4, 0.5) is 11.4 Å². The number of nitro benzene ring substituents is 1. The highest BCUT2D eigenvalue weighted by Gasteiger charge is 2.14. The number of carbonyl (C=O) groups is 1. The fourth-order valence-electron chi connectivity index (χ4n) is 2.98. The van der Waals surface area contributed by atoms with E-state index in [1.807, 2.05) is 13.0 Å². The van der Waals surface area contributed by atoms with Gasteiger partial charge in [-0.15, -0.1) is 0 Å². The predicted octanol–water partition coefficient (Wildman–Crippen LogP) is 5.69. The monoisotopic (exact) mass is 477 g/mol. The average molecular weight is 478 g/mol. The molecule has 0 aliphatic heterocycles. The fraction of sp³-hybridized carbons (Fsp3) is 0.120. The molecule has 0 spiro atoms. The van der Waals surface area contributed by atoms with Crippen LogP contribution >= 0.6 is 11.6 Å². The van der Waals surface area contributed by atoms with E-state index < -0.39 is 10.8 Å². The second-order valence-corrected chi connectivity index (χ2v) is 7.64. The maximum Gasteiger partial charge on any atom is 0.269 e. The zero-order chi connectivity index (χ0) is 24.7. The van der Waals surface area contributed by atoms with E-state index >= 15 is 0 Å². The Morgan fingerprint density at radius 3 is 2.56 bits per heavy atom. The smallest absolute Gasteiger partial charge is 0.269 e. The van der Waals surface area contributed by atoms with E-state index in [1.165, 1.54) is 25.3 Å². The number of nitrogens with zero attached hydrogens (tertiary/aromatic N) is 2. The third-order valence-corrected chi connectivity index (χ3v) is 5.11. The number of hydrogen-bond donors (Lipinski definition) is 1. The topological polar surface area (TPSA) is 114 Å². The summed E-state index contributed by atoms with van der Waals surface area (Å²) in [5.41, 5.74) is 2.34. The van der Waals surface area contributed by atoms with Crippen LogP contribution in [0.2, 0.25) is 5.02 Å². The van der Waals surface area contributed by atoms with E-state index in [4.69, 9.17) is 21.1 Å². The Labute approximate surface area is 201 Å². The number of nitrogens with one attached hydrogen (secondary N) is 1. The van der Waals surface area contributed by atoms with Crippen LogP contribution in [0.5, 0.6) is 11.5 Å². The number of carbonyl (C=O) groups excluding carboxylic acids is 1. The molecule has 0 atom stereocenters. The van der Waals surface area contributed by atoms with Gasteiger partial charge < -0.3 is 14.8 Å². The molecule has 0 aliphatic rings. The van der Waals surface area contributed by atoms with Crippen LogP contribution < -0.4 is 14.8 Å². The van der Waals surface area contributed by atoms with Crippen LogP contribution in [-0.4, -0.2) is 17.9 Å². The summed E-state index contributed by atoms with van der Waals surface area (Å²) in [6, 6.07) is 17.9. The summed E-state index contributed by atoms with van der Waals surface area (Å²) in [5, 5.41) is 23.6. The molecule has 3 aromatic rings. The molecule has 172 valence electrons. The maximum atomic E-state index is 12.7. The lowest BCUT2D eigenvalue weighted by molar-refractivity contribution is -0.384. The first-order valence-electron chi connectivity index (χ1n) is 10.0. The third kappa shape index (κ3) is 6.12. The first-order valence-corrected chi connectivity index (χ1v) is 10.4. The molecule has 8 nitrogen and oxygen atoms in total. The highest BCUT2D eigenvalue weighted by atomic mass is 35.5. The van der Waals surface area contributed by atoms with E-state index in [1.54, 1.807) is 48.5 Å². The molecule has 0 bridgehead atoms. The highest BCUT2D eigenvalue weighted by Crippen LogP contribution is 2.28. The molecule has 9 heteroatoms. The van der Waals surface area contributed by atoms with Crippen LogP contribution in [0.25, 0.3) is 6.08 Å². The van der Waals surface area contributed by atoms with Gasteiger partial charge in [0.1, 0.15) is 29.7 Å². The molecule has 34 heavy (non-hydrogen) atoms. The molecule has 1 N–H and O–H groups in total. The summed E-state index contributed by atoms with van der Waals surface area (Å²) in [6.45, 7) is 1.93. The van der Waals surface area contributed by atoms with Gasteiger partial charge in [-0.1, -0.05) is 17.7 Å². The number of benzene rings is 3. The number of non-ortho nitro benzene ring substituents is 1. The van der Waals surface area contributed by atoms with E-state index in [-0.39, 0.29) is 17.9 Å². The van der Waals surface area contributed by atoms with Gasteiger partial charge >= 0.3 is 0 Å². The fourth-order valence-corrected chi connectivity index (χ4v) is 3.16. The summed E-state index contributed by atoms with van der Waals surface area (Å²) < 4.78 is 11.1. The lowest BCUT2D eigenvalue weighted by atomic mass is 10.1. The predicted molar refractivity (Wildman–Crippen MR) is 129 cm³/mol. The van der Waals surface area contributed by atoms with Crippen molar-refractivity contribution in [3.8, 4) is 17.6 Å². The molecule has 0 fully saturated rings. The Balaban J connectivity index is 1.85. The Kier molecular flexibility index (Phi) is 7.85. The zero-order valence-electron chi connectivity index (χ0n) is 18.4. The zero-order valence-corrected chi connectivity index (χ0v) is 19.1. The van der Waals surface area contributed by atoms with Crippen LogP contribution in [0, 0.1) is 28.4 Å². The van der Waals surface area contributed by atoms with Gasteiger partial charge in [0, 0.05) is 34.5 Å². The Morgan fingerprint density at radius 2 is 1.91 bits per heavy atom. The Bertz CT molecular complexity index is 1300. The number of amides is 1. The van der Waals surface area contributed by atoms with Crippen LogP contribution in [-0.2, 0) is 11.4 Å². The standard InChI is InChI=1S/C25H20ClN3O5/c1-16-3-7-20(26)12-23(16)28-25(30)19(14-27)11-18-6-10-22(33-2)13-24(18)34-15-17-4-8-21(9-5-17)29(31)32/h3-13H,15H2,1-2H3,(H,28,30)/b19-11+. The normalized spacial score (nSPS) is 10.8. The summed E-state index contributed by atoms with van der Waals surface area (Å²) in [7, 11) is 1.51. The number of nitriles is 1. The van der Waals surface area contributed by atoms with Crippen molar-refractivity contribution in [1.82, 2.24) is 0 Å². The molecule has 0 heterocycles. The average Bonchev–Trinajstić information content (AvgIpc) is 2.83. The van der Waals surface area contributed by atoms with E-state index in [0.717, 1.165) is 5.56 Å². The van der Waals surface area contributed by atoms with Gasteiger partial charge in [-0.3, -0.25) is 14.9 Å². The van der Waals surface area contributed by atoms with Gasteiger partial charge in [-0.25, -0.2) is 0 Å². The lowest BCUT2D eigenvalue weighted by Gasteiger charge is -2.12. The minimum Gasteiger partial charge on any atom is -0.497 e. The quantitative estimate of drug-likeness (QED) is 0.193. The Morgan fingerprint density at radius 1 is 1.18 bits per heavy atom. The first-order chi connectivity index (χ1) is 16.3. The van der Waals surface area contributed by atoms with Crippen LogP contribution in [0.1, 0.15) is 16.7 Å². The van der Waals surface area contributed by atoms with E-state index in [9.17, 15) is 20.2 Å². The van der Waals surface area contributed by atoms with Crippen molar-refractivity contribution >= 4 is 35.0 Å². The molecule has 3 aromatic carbocycles. The second kappa shape index (κ2) is 11.0. The van der Waals surface area contributed by atoms with E-state index in [0.29, 0.717) is 33.3 Å². The largest absolute Gasteiger partial charge is 0.497 e. The molecule has 1 amide bonds. The Hall–Kier alpha value is -4.35. The molecule has 0 saturated carbocycles. The van der Waals surface area contributed by atoms with Gasteiger partial charge in [-0.2, -0.15) is 5.26 Å². The van der Waals surface area contributed by atoms with Crippen molar-refractivity contribution in [2.24, 2.45) is 0 Å². The number of anilines is 1. The number of ether oxygens (including phenoxy) is 2. The first kappa shape index (κ1) is 24.3. The van der Waals surface area contributed by atoms with Gasteiger partial charge in [-0.05, 0) is 60.5 Å². The van der Waals surface area contributed by atoms with Crippen molar-refractivity contribution in [1.29, 1.82) is 5.26 Å². The van der Waals surface area contributed by atoms with Gasteiger partial charge in [0.2, 0.25) is 0 Å². The number of nitro groups is 1. The third-order valence-electron chi connectivity index (χ3n) is 4.87. The summed E-state index contributed by atoms with van der Waals surface area (Å²) in [4.78, 5) is 23.1. The maximum absolute atomic E-state index is 12.7. The molecular weight excluding hydrogens is 458 g/mol. The number of methoxy groups -OCH3 is 1. The highest BCUT2D eigenvalue weighted by molar-refractivity contribution is 6.31. The minimum atomic E-state index is -0.593. The minimum absolute atomic E-state index is 0.0200. The number of hydrogen-bond acceptors (Lipinski definition) is 6. The number of aryl methyl sites for hydroxylation is 1. The summed E-state index contributed by atoms with van der Waals surface area (Å²) in [6.07, 6.45) is 1.42. The van der Waals surface area contributed by atoms with Crippen molar-refractivity contribution in [3.05, 3.63) is 98.1 Å². The summed E-state index contributed by atoms with van der Waals surface area (Å²) >= 11 is 6.01. The van der Waals surface area contributed by atoms with Crippen molar-refractivity contribution < 1.29 is 19.2 Å². The lowest BCUT2D eigenvalue weighted by Crippen LogP contribution is -2.14. The number of rotatable bonds is 8. The van der Waals surface area contributed by atoms with Crippen molar-refractivity contribution in [2.45, 2.75) is 13.5 Å². The molecule has 0 saturated heterocycles.